The minimum Gasteiger partial charge on any atom is -0.367 e. The van der Waals surface area contributed by atoms with Gasteiger partial charge in [-0.3, -0.25) is 4.79 Å². The largest absolute Gasteiger partial charge is 0.433 e. The standard InChI is InChI=1S/C31H34F3N5O/c32-31(33,34)28-9-8-25(17-37-28)39-18-19-12-24(27(39)13-19)15-22-4-1-2-7-26(22)38-29-16-21(10-11-36-29)20-5-3-6-23(14-20)30(35)40/h3,5-6,8-11,14,16-17,19,22,24,26-27H,1-2,4,7,12-13,15,18H2,(H2,35,40)(H,36,38)/t19-,22+,24-,26-,27-/m1/s1. The van der Waals surface area contributed by atoms with E-state index < -0.39 is 17.8 Å². The second-order valence-electron chi connectivity index (χ2n) is 11.6. The van der Waals surface area contributed by atoms with Crippen molar-refractivity contribution in [1.82, 2.24) is 9.97 Å². The Bertz CT molecular complexity index is 1360. The van der Waals surface area contributed by atoms with Crippen LogP contribution in [0.5, 0.6) is 0 Å². The molecule has 2 bridgehead atoms. The minimum atomic E-state index is -4.42. The Morgan fingerprint density at radius 2 is 1.82 bits per heavy atom. The van der Waals surface area contributed by atoms with Gasteiger partial charge in [-0.05, 0) is 97.4 Å². The zero-order valence-electron chi connectivity index (χ0n) is 22.3. The number of carbonyl (C=O) groups is 1. The van der Waals surface area contributed by atoms with Gasteiger partial charge in [0.2, 0.25) is 5.91 Å². The molecule has 0 unspecified atom stereocenters. The zero-order valence-corrected chi connectivity index (χ0v) is 22.3. The van der Waals surface area contributed by atoms with E-state index in [1.165, 1.54) is 25.5 Å². The van der Waals surface area contributed by atoms with E-state index in [9.17, 15) is 18.0 Å². The van der Waals surface area contributed by atoms with E-state index in [2.05, 4.69) is 20.2 Å². The quantitative estimate of drug-likeness (QED) is 0.350. The first-order chi connectivity index (χ1) is 19.2. The van der Waals surface area contributed by atoms with E-state index in [-0.39, 0.29) is 0 Å². The maximum absolute atomic E-state index is 13.0. The van der Waals surface area contributed by atoms with Crippen molar-refractivity contribution in [2.24, 2.45) is 23.5 Å². The van der Waals surface area contributed by atoms with Gasteiger partial charge in [-0.25, -0.2) is 9.97 Å². The number of anilines is 2. The molecule has 5 atom stereocenters. The molecule has 2 aromatic heterocycles. The number of amides is 1. The lowest BCUT2D eigenvalue weighted by molar-refractivity contribution is -0.141. The molecule has 40 heavy (non-hydrogen) atoms. The summed E-state index contributed by atoms with van der Waals surface area (Å²) in [5.74, 6) is 1.98. The van der Waals surface area contributed by atoms with Crippen LogP contribution in [0, 0.1) is 17.8 Å². The Hall–Kier alpha value is -3.62. The summed E-state index contributed by atoms with van der Waals surface area (Å²) in [4.78, 5) is 22.2. The van der Waals surface area contributed by atoms with Gasteiger partial charge in [0.15, 0.2) is 0 Å². The van der Waals surface area contributed by atoms with Gasteiger partial charge >= 0.3 is 6.18 Å². The molecule has 3 fully saturated rings. The molecule has 3 N–H and O–H groups in total. The van der Waals surface area contributed by atoms with Gasteiger partial charge in [0.25, 0.3) is 0 Å². The number of aromatic nitrogens is 2. The summed E-state index contributed by atoms with van der Waals surface area (Å²) in [5.41, 5.74) is 7.79. The number of pyridine rings is 2. The number of benzene rings is 1. The van der Waals surface area contributed by atoms with Gasteiger partial charge in [0.05, 0.1) is 11.9 Å². The molecular formula is C31H34F3N5O. The van der Waals surface area contributed by atoms with Gasteiger partial charge in [-0.2, -0.15) is 13.2 Å². The predicted octanol–water partition coefficient (Wildman–Crippen LogP) is 6.54. The van der Waals surface area contributed by atoms with Gasteiger partial charge in [-0.1, -0.05) is 25.0 Å². The smallest absolute Gasteiger partial charge is 0.367 e. The SMILES string of the molecule is NC(=O)c1cccc(-c2ccnc(N[C@@H]3CCCC[C@H]3C[C@H]3C[C@@H]4C[C@H]3N(c3ccc(C(F)(F)F)nc3)C4)c2)c1. The molecule has 2 aliphatic carbocycles. The Kier molecular flexibility index (Phi) is 7.15. The number of nitrogens with two attached hydrogens (primary N) is 1. The van der Waals surface area contributed by atoms with Gasteiger partial charge < -0.3 is 16.0 Å². The summed E-state index contributed by atoms with van der Waals surface area (Å²) in [6, 6.07) is 14.6. The highest BCUT2D eigenvalue weighted by Gasteiger charge is 2.46. The molecule has 6 nitrogen and oxygen atoms in total. The fourth-order valence-corrected chi connectivity index (χ4v) is 7.23. The number of halogens is 3. The highest BCUT2D eigenvalue weighted by Crippen LogP contribution is 2.48. The van der Waals surface area contributed by atoms with Crippen LogP contribution in [0.4, 0.5) is 24.7 Å². The fourth-order valence-electron chi connectivity index (χ4n) is 7.23. The molecule has 3 heterocycles. The summed E-state index contributed by atoms with van der Waals surface area (Å²) in [7, 11) is 0. The third kappa shape index (κ3) is 5.51. The molecule has 2 saturated carbocycles. The fraction of sp³-hybridized carbons (Fsp3) is 0.452. The van der Waals surface area contributed by atoms with Crippen LogP contribution in [0.1, 0.15) is 61.0 Å². The van der Waals surface area contributed by atoms with Crippen LogP contribution in [0.25, 0.3) is 11.1 Å². The van der Waals surface area contributed by atoms with Crippen molar-refractivity contribution in [1.29, 1.82) is 0 Å². The molecule has 1 saturated heterocycles. The molecular weight excluding hydrogens is 515 g/mol. The van der Waals surface area contributed by atoms with Crippen LogP contribution >= 0.6 is 0 Å². The number of carbonyl (C=O) groups excluding carboxylic acids is 1. The van der Waals surface area contributed by atoms with Gasteiger partial charge in [0, 0.05) is 30.4 Å². The average molecular weight is 550 g/mol. The number of rotatable bonds is 7. The molecule has 210 valence electrons. The summed E-state index contributed by atoms with van der Waals surface area (Å²) in [6.07, 6.45) is 6.78. The van der Waals surface area contributed by atoms with E-state index in [4.69, 9.17) is 5.73 Å². The van der Waals surface area contributed by atoms with E-state index in [1.807, 2.05) is 24.3 Å². The van der Waals surface area contributed by atoms with E-state index in [0.29, 0.717) is 35.4 Å². The summed E-state index contributed by atoms with van der Waals surface area (Å²) < 4.78 is 39.0. The topological polar surface area (TPSA) is 84.1 Å². The molecule has 0 spiro atoms. The molecule has 0 radical (unpaired) electrons. The number of piperidine rings is 1. The molecule has 6 rings (SSSR count). The zero-order chi connectivity index (χ0) is 27.9. The Balaban J connectivity index is 1.14. The Morgan fingerprint density at radius 1 is 1.00 bits per heavy atom. The van der Waals surface area contributed by atoms with Crippen molar-refractivity contribution < 1.29 is 18.0 Å². The highest BCUT2D eigenvalue weighted by atomic mass is 19.4. The second-order valence-corrected chi connectivity index (χ2v) is 11.6. The number of hydrogen-bond donors (Lipinski definition) is 2. The van der Waals surface area contributed by atoms with Crippen LogP contribution in [0.2, 0.25) is 0 Å². The maximum Gasteiger partial charge on any atom is 0.433 e. The van der Waals surface area contributed by atoms with Crippen LogP contribution in [-0.4, -0.2) is 34.5 Å². The lowest BCUT2D eigenvalue weighted by atomic mass is 9.77. The van der Waals surface area contributed by atoms with E-state index in [1.54, 1.807) is 24.4 Å². The van der Waals surface area contributed by atoms with Crippen molar-refractivity contribution in [2.45, 2.75) is 63.2 Å². The number of primary amides is 1. The predicted molar refractivity (Wildman–Crippen MR) is 149 cm³/mol. The Morgan fingerprint density at radius 3 is 2.58 bits per heavy atom. The molecule has 3 aliphatic rings. The van der Waals surface area contributed by atoms with E-state index >= 15 is 0 Å². The van der Waals surface area contributed by atoms with Crippen molar-refractivity contribution >= 4 is 17.4 Å². The summed E-state index contributed by atoms with van der Waals surface area (Å²) >= 11 is 0. The summed E-state index contributed by atoms with van der Waals surface area (Å²) in [6.45, 7) is 0.897. The molecule has 3 aromatic rings. The molecule has 1 aliphatic heterocycles. The highest BCUT2D eigenvalue weighted by molar-refractivity contribution is 5.94. The van der Waals surface area contributed by atoms with Crippen molar-refractivity contribution in [2.75, 3.05) is 16.8 Å². The molecule has 1 amide bonds. The monoisotopic (exact) mass is 549 g/mol. The number of hydrogen-bond acceptors (Lipinski definition) is 5. The third-order valence-corrected chi connectivity index (χ3v) is 9.07. The number of alkyl halides is 3. The van der Waals surface area contributed by atoms with Crippen LogP contribution in [-0.2, 0) is 6.18 Å². The molecule has 1 aromatic carbocycles. The van der Waals surface area contributed by atoms with E-state index in [0.717, 1.165) is 60.9 Å². The first-order valence-electron chi connectivity index (χ1n) is 14.2. The van der Waals surface area contributed by atoms with Crippen molar-refractivity contribution in [3.05, 3.63) is 72.2 Å². The number of nitrogens with zero attached hydrogens (tertiary/aromatic N) is 3. The Labute approximate surface area is 232 Å². The van der Waals surface area contributed by atoms with Crippen LogP contribution < -0.4 is 16.0 Å². The normalized spacial score (nSPS) is 26.2. The number of nitrogens with one attached hydrogen (secondary N) is 1. The lowest BCUT2D eigenvalue weighted by Gasteiger charge is -2.39. The minimum absolute atomic E-state index is 0.314. The maximum atomic E-state index is 13.0. The number of fused-ring (bicyclic) bond motifs is 2. The van der Waals surface area contributed by atoms with Crippen LogP contribution in [0.15, 0.2) is 60.9 Å². The van der Waals surface area contributed by atoms with Crippen LogP contribution in [0.3, 0.4) is 0 Å². The average Bonchev–Trinajstić information content (AvgIpc) is 3.55. The molecule has 9 heteroatoms. The lowest BCUT2D eigenvalue weighted by Crippen LogP contribution is -2.41. The van der Waals surface area contributed by atoms with Crippen molar-refractivity contribution in [3.8, 4) is 11.1 Å². The first-order valence-corrected chi connectivity index (χ1v) is 14.2. The first kappa shape index (κ1) is 26.6. The van der Waals surface area contributed by atoms with Gasteiger partial charge in [0.1, 0.15) is 11.5 Å². The van der Waals surface area contributed by atoms with Crippen molar-refractivity contribution in [3.63, 3.8) is 0 Å². The van der Waals surface area contributed by atoms with Gasteiger partial charge in [-0.15, -0.1) is 0 Å². The second kappa shape index (κ2) is 10.7. The third-order valence-electron chi connectivity index (χ3n) is 9.07. The summed E-state index contributed by atoms with van der Waals surface area (Å²) in [5, 5.41) is 3.73.